The number of pyridine rings is 1. The summed E-state index contributed by atoms with van der Waals surface area (Å²) in [6, 6.07) is 6.48. The Kier molecular flexibility index (Phi) is 4.80. The fourth-order valence-corrected chi connectivity index (χ4v) is 1.81. The van der Waals surface area contributed by atoms with Crippen LogP contribution >= 0.6 is 23.2 Å². The molecule has 1 heterocycles. The molecule has 2 rings (SSSR count). The fourth-order valence-electron chi connectivity index (χ4n) is 1.43. The van der Waals surface area contributed by atoms with Crippen molar-refractivity contribution in [2.24, 2.45) is 0 Å². The van der Waals surface area contributed by atoms with Gasteiger partial charge >= 0.3 is 6.36 Å². The van der Waals surface area contributed by atoms with Crippen LogP contribution in [0.25, 0.3) is 0 Å². The van der Waals surface area contributed by atoms with Gasteiger partial charge in [-0.25, -0.2) is 4.98 Å². The van der Waals surface area contributed by atoms with E-state index in [1.807, 2.05) is 0 Å². The standard InChI is InChI=1S/C13H8Cl2F3NO2/c14-6-8-5-11(15)12(19-7-8)20-9-1-3-10(4-2-9)21-13(16,17)18/h1-5,7H,6H2. The molecule has 0 radical (unpaired) electrons. The maximum Gasteiger partial charge on any atom is 0.573 e. The number of nitrogens with zero attached hydrogens (tertiary/aromatic N) is 1. The minimum atomic E-state index is -4.73. The molecule has 8 heteroatoms. The molecule has 3 nitrogen and oxygen atoms in total. The lowest BCUT2D eigenvalue weighted by atomic mass is 10.3. The number of rotatable bonds is 4. The maximum atomic E-state index is 12.0. The highest BCUT2D eigenvalue weighted by atomic mass is 35.5. The van der Waals surface area contributed by atoms with Crippen LogP contribution in [0.5, 0.6) is 17.4 Å². The minimum absolute atomic E-state index is 0.134. The average Bonchev–Trinajstić information content (AvgIpc) is 2.41. The summed E-state index contributed by atoms with van der Waals surface area (Å²) in [6.07, 6.45) is -3.24. The van der Waals surface area contributed by atoms with Crippen molar-refractivity contribution in [2.75, 3.05) is 0 Å². The number of benzene rings is 1. The molecule has 0 spiro atoms. The Morgan fingerprint density at radius 1 is 1.10 bits per heavy atom. The molecule has 0 saturated carbocycles. The van der Waals surface area contributed by atoms with Crippen molar-refractivity contribution in [1.29, 1.82) is 0 Å². The molecule has 1 aromatic carbocycles. The molecule has 0 bridgehead atoms. The first-order valence-corrected chi connectivity index (χ1v) is 6.52. The number of halogens is 5. The highest BCUT2D eigenvalue weighted by Gasteiger charge is 2.30. The summed E-state index contributed by atoms with van der Waals surface area (Å²) in [4.78, 5) is 3.98. The van der Waals surface area contributed by atoms with Crippen LogP contribution < -0.4 is 9.47 Å². The van der Waals surface area contributed by atoms with Crippen LogP contribution in [-0.2, 0) is 5.88 Å². The molecule has 0 aliphatic rings. The fraction of sp³-hybridized carbons (Fsp3) is 0.154. The Labute approximate surface area is 128 Å². The zero-order valence-electron chi connectivity index (χ0n) is 10.3. The first-order valence-electron chi connectivity index (χ1n) is 5.61. The molecule has 0 saturated heterocycles. The average molecular weight is 338 g/mol. The van der Waals surface area contributed by atoms with Crippen molar-refractivity contribution in [3.8, 4) is 17.4 Å². The first kappa shape index (κ1) is 15.7. The van der Waals surface area contributed by atoms with Gasteiger partial charge in [0.15, 0.2) is 0 Å². The molecule has 0 atom stereocenters. The van der Waals surface area contributed by atoms with E-state index >= 15 is 0 Å². The summed E-state index contributed by atoms with van der Waals surface area (Å²) >= 11 is 11.6. The molecular formula is C13H8Cl2F3NO2. The Morgan fingerprint density at radius 3 is 2.24 bits per heavy atom. The van der Waals surface area contributed by atoms with Crippen LogP contribution in [0.2, 0.25) is 5.02 Å². The molecule has 112 valence electrons. The molecular weight excluding hydrogens is 330 g/mol. The molecule has 0 aliphatic heterocycles. The molecule has 0 aliphatic carbocycles. The third-order valence-corrected chi connectivity index (χ3v) is 2.87. The largest absolute Gasteiger partial charge is 0.573 e. The Balaban J connectivity index is 2.10. The van der Waals surface area contributed by atoms with Gasteiger partial charge in [0.1, 0.15) is 16.5 Å². The summed E-state index contributed by atoms with van der Waals surface area (Å²) < 4.78 is 45.2. The van der Waals surface area contributed by atoms with Crippen molar-refractivity contribution in [3.63, 3.8) is 0 Å². The molecule has 2 aromatic rings. The van der Waals surface area contributed by atoms with Crippen LogP contribution in [-0.4, -0.2) is 11.3 Å². The Morgan fingerprint density at radius 2 is 1.71 bits per heavy atom. The summed E-state index contributed by atoms with van der Waals surface area (Å²) in [5.41, 5.74) is 0.725. The molecule has 0 N–H and O–H groups in total. The lowest BCUT2D eigenvalue weighted by Gasteiger charge is -2.10. The number of ether oxygens (including phenoxy) is 2. The molecule has 0 fully saturated rings. The monoisotopic (exact) mass is 337 g/mol. The van der Waals surface area contributed by atoms with Crippen molar-refractivity contribution in [1.82, 2.24) is 4.98 Å². The molecule has 21 heavy (non-hydrogen) atoms. The van der Waals surface area contributed by atoms with E-state index in [4.69, 9.17) is 27.9 Å². The predicted molar refractivity (Wildman–Crippen MR) is 72.0 cm³/mol. The second-order valence-electron chi connectivity index (χ2n) is 3.89. The van der Waals surface area contributed by atoms with E-state index in [-0.39, 0.29) is 28.3 Å². The van der Waals surface area contributed by atoms with E-state index in [1.165, 1.54) is 18.3 Å². The van der Waals surface area contributed by atoms with E-state index < -0.39 is 6.36 Å². The zero-order valence-corrected chi connectivity index (χ0v) is 11.8. The summed E-state index contributed by atoms with van der Waals surface area (Å²) in [5.74, 6) is 0.329. The quantitative estimate of drug-likeness (QED) is 0.721. The molecule has 0 unspecified atom stereocenters. The van der Waals surface area contributed by atoms with Crippen molar-refractivity contribution >= 4 is 23.2 Å². The van der Waals surface area contributed by atoms with Crippen LogP contribution in [0.4, 0.5) is 13.2 Å². The highest BCUT2D eigenvalue weighted by molar-refractivity contribution is 6.32. The maximum absolute atomic E-state index is 12.0. The van der Waals surface area contributed by atoms with Crippen LogP contribution in [0.1, 0.15) is 5.56 Å². The van der Waals surface area contributed by atoms with E-state index in [2.05, 4.69) is 9.72 Å². The molecule has 0 amide bonds. The van der Waals surface area contributed by atoms with Crippen molar-refractivity contribution in [2.45, 2.75) is 12.2 Å². The molecule has 1 aromatic heterocycles. The predicted octanol–water partition coefficient (Wildman–Crippen LogP) is 5.16. The van der Waals surface area contributed by atoms with E-state index in [0.717, 1.165) is 17.7 Å². The Hall–Kier alpha value is -1.66. The van der Waals surface area contributed by atoms with Gasteiger partial charge in [0, 0.05) is 12.1 Å². The smallest absolute Gasteiger partial charge is 0.438 e. The van der Waals surface area contributed by atoms with Gasteiger partial charge in [-0.15, -0.1) is 24.8 Å². The lowest BCUT2D eigenvalue weighted by molar-refractivity contribution is -0.274. The van der Waals surface area contributed by atoms with Crippen LogP contribution in [0.3, 0.4) is 0 Å². The first-order chi connectivity index (χ1) is 9.87. The number of hydrogen-bond donors (Lipinski definition) is 0. The van der Waals surface area contributed by atoms with Crippen LogP contribution in [0.15, 0.2) is 36.5 Å². The van der Waals surface area contributed by atoms with E-state index in [1.54, 1.807) is 6.07 Å². The van der Waals surface area contributed by atoms with Gasteiger partial charge in [-0.05, 0) is 35.9 Å². The summed E-state index contributed by atoms with van der Waals surface area (Å²) in [7, 11) is 0. The lowest BCUT2D eigenvalue weighted by Crippen LogP contribution is -2.16. The van der Waals surface area contributed by atoms with Gasteiger partial charge in [-0.3, -0.25) is 0 Å². The second kappa shape index (κ2) is 6.41. The van der Waals surface area contributed by atoms with Gasteiger partial charge in [0.25, 0.3) is 0 Å². The summed E-state index contributed by atoms with van der Waals surface area (Å²) in [6.45, 7) is 0. The third kappa shape index (κ3) is 4.68. The van der Waals surface area contributed by atoms with Gasteiger partial charge in [0.05, 0.1) is 0 Å². The SMILES string of the molecule is FC(F)(F)Oc1ccc(Oc2ncc(CCl)cc2Cl)cc1. The number of alkyl halides is 4. The van der Waals surface area contributed by atoms with Crippen molar-refractivity contribution in [3.05, 3.63) is 47.1 Å². The van der Waals surface area contributed by atoms with E-state index in [9.17, 15) is 13.2 Å². The van der Waals surface area contributed by atoms with Gasteiger partial charge < -0.3 is 9.47 Å². The minimum Gasteiger partial charge on any atom is -0.438 e. The topological polar surface area (TPSA) is 31.4 Å². The van der Waals surface area contributed by atoms with Gasteiger partial charge in [0.2, 0.25) is 5.88 Å². The normalized spacial score (nSPS) is 11.3. The zero-order chi connectivity index (χ0) is 15.5. The third-order valence-electron chi connectivity index (χ3n) is 2.29. The summed E-state index contributed by atoms with van der Waals surface area (Å²) in [5, 5.41) is 0.253. The number of hydrogen-bond acceptors (Lipinski definition) is 3. The second-order valence-corrected chi connectivity index (χ2v) is 4.56. The van der Waals surface area contributed by atoms with Gasteiger partial charge in [-0.2, -0.15) is 0 Å². The highest BCUT2D eigenvalue weighted by Crippen LogP contribution is 2.30. The van der Waals surface area contributed by atoms with E-state index in [0.29, 0.717) is 0 Å². The Bertz CT molecular complexity index is 618. The van der Waals surface area contributed by atoms with Crippen molar-refractivity contribution < 1.29 is 22.6 Å². The number of aromatic nitrogens is 1. The van der Waals surface area contributed by atoms with Gasteiger partial charge in [-0.1, -0.05) is 11.6 Å². The van der Waals surface area contributed by atoms with Crippen LogP contribution in [0, 0.1) is 0 Å².